The van der Waals surface area contributed by atoms with Gasteiger partial charge in [-0.3, -0.25) is 4.79 Å². The molecule has 0 fully saturated rings. The van der Waals surface area contributed by atoms with Gasteiger partial charge in [0.05, 0.1) is 6.26 Å². The topological polar surface area (TPSA) is 30.2 Å². The van der Waals surface area contributed by atoms with Gasteiger partial charge in [-0.15, -0.1) is 12.6 Å². The predicted molar refractivity (Wildman–Crippen MR) is 60.4 cm³/mol. The maximum atomic E-state index is 11.7. The van der Waals surface area contributed by atoms with E-state index < -0.39 is 0 Å². The number of thiol groups is 1. The van der Waals surface area contributed by atoms with Crippen molar-refractivity contribution in [2.75, 3.05) is 0 Å². The number of benzene rings is 1. The SMILES string of the molecule is O=C(Cc1ccccc1S)c1ccco1. The first-order chi connectivity index (χ1) is 7.27. The van der Waals surface area contributed by atoms with E-state index >= 15 is 0 Å². The molecule has 0 bridgehead atoms. The Morgan fingerprint density at radius 3 is 2.67 bits per heavy atom. The lowest BCUT2D eigenvalue weighted by molar-refractivity contribution is 0.0966. The molecule has 0 saturated heterocycles. The van der Waals surface area contributed by atoms with Gasteiger partial charge in [0, 0.05) is 11.3 Å². The average molecular weight is 218 g/mol. The third kappa shape index (κ3) is 2.30. The highest BCUT2D eigenvalue weighted by molar-refractivity contribution is 7.80. The predicted octanol–water partition coefficient (Wildman–Crippen LogP) is 2.99. The third-order valence-corrected chi connectivity index (χ3v) is 2.57. The summed E-state index contributed by atoms with van der Waals surface area (Å²) in [6, 6.07) is 10.9. The van der Waals surface area contributed by atoms with Crippen molar-refractivity contribution >= 4 is 18.4 Å². The number of hydrogen-bond acceptors (Lipinski definition) is 3. The highest BCUT2D eigenvalue weighted by atomic mass is 32.1. The normalized spacial score (nSPS) is 10.2. The number of carbonyl (C=O) groups is 1. The van der Waals surface area contributed by atoms with Gasteiger partial charge in [-0.2, -0.15) is 0 Å². The molecule has 3 heteroatoms. The summed E-state index contributed by atoms with van der Waals surface area (Å²) in [5, 5.41) is 0. The van der Waals surface area contributed by atoms with Gasteiger partial charge < -0.3 is 4.42 Å². The Labute approximate surface area is 93.3 Å². The lowest BCUT2D eigenvalue weighted by Crippen LogP contribution is -2.02. The molecule has 2 aromatic rings. The lowest BCUT2D eigenvalue weighted by atomic mass is 10.1. The highest BCUT2D eigenvalue weighted by Crippen LogP contribution is 2.15. The molecule has 76 valence electrons. The zero-order valence-electron chi connectivity index (χ0n) is 8.01. The molecule has 0 saturated carbocycles. The van der Waals surface area contributed by atoms with Gasteiger partial charge in [-0.25, -0.2) is 0 Å². The van der Waals surface area contributed by atoms with Crippen LogP contribution >= 0.6 is 12.6 Å². The second kappa shape index (κ2) is 4.36. The van der Waals surface area contributed by atoms with E-state index in [2.05, 4.69) is 12.6 Å². The number of hydrogen-bond donors (Lipinski definition) is 1. The van der Waals surface area contributed by atoms with E-state index in [9.17, 15) is 4.79 Å². The van der Waals surface area contributed by atoms with E-state index in [4.69, 9.17) is 4.42 Å². The summed E-state index contributed by atoms with van der Waals surface area (Å²) in [6.45, 7) is 0. The summed E-state index contributed by atoms with van der Waals surface area (Å²) in [4.78, 5) is 12.5. The quantitative estimate of drug-likeness (QED) is 0.634. The molecule has 15 heavy (non-hydrogen) atoms. The first-order valence-corrected chi connectivity index (χ1v) is 5.05. The largest absolute Gasteiger partial charge is 0.461 e. The zero-order valence-corrected chi connectivity index (χ0v) is 8.91. The van der Waals surface area contributed by atoms with E-state index in [1.54, 1.807) is 12.1 Å². The fraction of sp³-hybridized carbons (Fsp3) is 0.0833. The van der Waals surface area contributed by atoms with Crippen LogP contribution < -0.4 is 0 Å². The van der Waals surface area contributed by atoms with Crippen molar-refractivity contribution in [1.29, 1.82) is 0 Å². The van der Waals surface area contributed by atoms with Crippen molar-refractivity contribution in [2.45, 2.75) is 11.3 Å². The van der Waals surface area contributed by atoms with E-state index in [-0.39, 0.29) is 5.78 Å². The molecule has 2 rings (SSSR count). The molecule has 0 spiro atoms. The minimum absolute atomic E-state index is 0.0264. The van der Waals surface area contributed by atoms with Crippen LogP contribution in [0.3, 0.4) is 0 Å². The first kappa shape index (κ1) is 10.1. The maximum absolute atomic E-state index is 11.7. The van der Waals surface area contributed by atoms with Crippen molar-refractivity contribution in [1.82, 2.24) is 0 Å². The van der Waals surface area contributed by atoms with Gasteiger partial charge >= 0.3 is 0 Å². The molecule has 0 radical (unpaired) electrons. The van der Waals surface area contributed by atoms with Crippen LogP contribution in [0.1, 0.15) is 16.1 Å². The minimum Gasteiger partial charge on any atom is -0.461 e. The Morgan fingerprint density at radius 1 is 1.20 bits per heavy atom. The number of furan rings is 1. The maximum Gasteiger partial charge on any atom is 0.202 e. The molecule has 0 unspecified atom stereocenters. The standard InChI is InChI=1S/C12H10O2S/c13-10(11-5-3-7-14-11)8-9-4-1-2-6-12(9)15/h1-7,15H,8H2. The molecule has 2 nitrogen and oxygen atoms in total. The summed E-state index contributed by atoms with van der Waals surface area (Å²) in [7, 11) is 0. The molecular weight excluding hydrogens is 208 g/mol. The van der Waals surface area contributed by atoms with Crippen molar-refractivity contribution in [3.05, 3.63) is 54.0 Å². The Bertz CT molecular complexity index is 460. The molecule has 1 heterocycles. The van der Waals surface area contributed by atoms with Gasteiger partial charge in [-0.1, -0.05) is 18.2 Å². The molecule has 1 aromatic heterocycles. The lowest BCUT2D eigenvalue weighted by Gasteiger charge is -2.01. The van der Waals surface area contributed by atoms with Gasteiger partial charge in [0.2, 0.25) is 5.78 Å². The van der Waals surface area contributed by atoms with Crippen molar-refractivity contribution < 1.29 is 9.21 Å². The van der Waals surface area contributed by atoms with Crippen LogP contribution in [-0.2, 0) is 6.42 Å². The van der Waals surface area contributed by atoms with Gasteiger partial charge in [0.15, 0.2) is 5.76 Å². The monoisotopic (exact) mass is 218 g/mol. The van der Waals surface area contributed by atoms with Gasteiger partial charge in [-0.05, 0) is 23.8 Å². The second-order valence-electron chi connectivity index (χ2n) is 3.21. The van der Waals surface area contributed by atoms with Crippen LogP contribution in [0.5, 0.6) is 0 Å². The van der Waals surface area contributed by atoms with E-state index in [0.29, 0.717) is 12.2 Å². The fourth-order valence-electron chi connectivity index (χ4n) is 1.36. The van der Waals surface area contributed by atoms with E-state index in [1.807, 2.05) is 24.3 Å². The molecule has 0 amide bonds. The summed E-state index contributed by atoms with van der Waals surface area (Å²) in [6.07, 6.45) is 1.83. The van der Waals surface area contributed by atoms with Crippen LogP contribution in [0.4, 0.5) is 0 Å². The average Bonchev–Trinajstić information content (AvgIpc) is 2.74. The molecule has 0 aliphatic rings. The van der Waals surface area contributed by atoms with Gasteiger partial charge in [0.25, 0.3) is 0 Å². The molecule has 0 aliphatic heterocycles. The highest BCUT2D eigenvalue weighted by Gasteiger charge is 2.10. The molecule has 0 N–H and O–H groups in total. The molecule has 1 aromatic carbocycles. The smallest absolute Gasteiger partial charge is 0.202 e. The van der Waals surface area contributed by atoms with Crippen molar-refractivity contribution in [2.24, 2.45) is 0 Å². The minimum atomic E-state index is -0.0264. The van der Waals surface area contributed by atoms with Crippen LogP contribution in [0.2, 0.25) is 0 Å². The number of carbonyl (C=O) groups excluding carboxylic acids is 1. The van der Waals surface area contributed by atoms with E-state index in [0.717, 1.165) is 10.5 Å². The van der Waals surface area contributed by atoms with Crippen LogP contribution in [0.25, 0.3) is 0 Å². The van der Waals surface area contributed by atoms with Crippen LogP contribution in [-0.4, -0.2) is 5.78 Å². The fourth-order valence-corrected chi connectivity index (χ4v) is 1.60. The Hall–Kier alpha value is -1.48. The third-order valence-electron chi connectivity index (χ3n) is 2.14. The number of Topliss-reactive ketones (excluding diaryl/α,β-unsaturated/α-hetero) is 1. The molecular formula is C12H10O2S. The second-order valence-corrected chi connectivity index (χ2v) is 3.69. The van der Waals surface area contributed by atoms with Crippen LogP contribution in [0.15, 0.2) is 52.0 Å². The summed E-state index contributed by atoms with van der Waals surface area (Å²) >= 11 is 4.29. The Balaban J connectivity index is 2.17. The zero-order chi connectivity index (χ0) is 10.7. The summed E-state index contributed by atoms with van der Waals surface area (Å²) < 4.78 is 5.03. The molecule has 0 atom stereocenters. The number of rotatable bonds is 3. The van der Waals surface area contributed by atoms with E-state index in [1.165, 1.54) is 6.26 Å². The molecule has 0 aliphatic carbocycles. The number of ketones is 1. The Kier molecular flexibility index (Phi) is 2.92. The first-order valence-electron chi connectivity index (χ1n) is 4.61. The van der Waals surface area contributed by atoms with Crippen LogP contribution in [0, 0.1) is 0 Å². The van der Waals surface area contributed by atoms with Gasteiger partial charge in [0.1, 0.15) is 0 Å². The van der Waals surface area contributed by atoms with Crippen molar-refractivity contribution in [3.8, 4) is 0 Å². The van der Waals surface area contributed by atoms with Crippen molar-refractivity contribution in [3.63, 3.8) is 0 Å². The Morgan fingerprint density at radius 2 is 2.00 bits per heavy atom. The summed E-state index contributed by atoms with van der Waals surface area (Å²) in [5.74, 6) is 0.369. The summed E-state index contributed by atoms with van der Waals surface area (Å²) in [5.41, 5.74) is 0.919.